The van der Waals surface area contributed by atoms with Gasteiger partial charge in [0.2, 0.25) is 0 Å². The molecule has 2 aromatic heterocycles. The number of hydrogen-bond donors (Lipinski definition) is 3. The fraction of sp³-hybridized carbons (Fsp3) is 0.393. The molecular formula is C28H31FN3O10P. The van der Waals surface area contributed by atoms with Gasteiger partial charge in [-0.2, -0.15) is 0 Å². The zero-order valence-electron chi connectivity index (χ0n) is 23.7. The zero-order valence-corrected chi connectivity index (χ0v) is 24.6. The van der Waals surface area contributed by atoms with Crippen molar-refractivity contribution in [3.63, 3.8) is 0 Å². The second-order valence-electron chi connectivity index (χ2n) is 10.6. The van der Waals surface area contributed by atoms with E-state index in [1.54, 1.807) is 32.0 Å². The molecule has 6 atom stereocenters. The molecule has 1 fully saturated rings. The molecule has 1 unspecified atom stereocenters. The van der Waals surface area contributed by atoms with Crippen LogP contribution in [0.3, 0.4) is 0 Å². The molecular weight excluding hydrogens is 588 g/mol. The van der Waals surface area contributed by atoms with Gasteiger partial charge in [-0.05, 0) is 45.9 Å². The third-order valence-corrected chi connectivity index (χ3v) is 8.09. The Morgan fingerprint density at radius 1 is 1.16 bits per heavy atom. The summed E-state index contributed by atoms with van der Waals surface area (Å²) in [5.74, 6) is -0.583. The van der Waals surface area contributed by atoms with Gasteiger partial charge >= 0.3 is 19.4 Å². The highest BCUT2D eigenvalue weighted by molar-refractivity contribution is 7.50. The average Bonchev–Trinajstić information content (AvgIpc) is 3.41. The number of esters is 1. The van der Waals surface area contributed by atoms with Crippen molar-refractivity contribution in [3.8, 4) is 5.75 Å². The molecule has 0 saturated carbocycles. The first-order chi connectivity index (χ1) is 20.2. The molecule has 0 aliphatic carbocycles. The monoisotopic (exact) mass is 619 g/mol. The summed E-state index contributed by atoms with van der Waals surface area (Å²) in [4.78, 5) is 48.7. The quantitative estimate of drug-likeness (QED) is 0.175. The number of carbonyl (C=O) groups excluding carboxylic acids is 1. The summed E-state index contributed by atoms with van der Waals surface area (Å²) >= 11 is 0. The summed E-state index contributed by atoms with van der Waals surface area (Å²) in [6.45, 7) is 5.03. The van der Waals surface area contributed by atoms with E-state index in [0.29, 0.717) is 11.2 Å². The first-order valence-corrected chi connectivity index (χ1v) is 15.0. The van der Waals surface area contributed by atoms with E-state index >= 15 is 4.39 Å². The standard InChI is InChI=1S/C28H31FN3O10P/c1-15(2)39-25(34)16(3)31-43(36,37)38-14-22-24(28(4,29)26(42-22)32-12-11-23(33)30-27(32)35)40-17-9-10-19-18-7-5-6-8-20(18)41-21(19)13-17/h5-13,15-16,22,24,26H,14H2,1-4H3,(H,30,33,35)(H2,31,36,37)/t16-,22+,24+,26+,28+/m0/s1. The van der Waals surface area contributed by atoms with Crippen LogP contribution < -0.4 is 21.1 Å². The predicted octanol–water partition coefficient (Wildman–Crippen LogP) is 3.56. The Kier molecular flexibility index (Phi) is 8.34. The molecule has 15 heteroatoms. The van der Waals surface area contributed by atoms with E-state index in [0.717, 1.165) is 34.5 Å². The van der Waals surface area contributed by atoms with E-state index in [9.17, 15) is 23.8 Å². The summed E-state index contributed by atoms with van der Waals surface area (Å²) < 4.78 is 58.3. The maximum Gasteiger partial charge on any atom is 0.403 e. The van der Waals surface area contributed by atoms with Crippen LogP contribution in [0.1, 0.15) is 33.9 Å². The van der Waals surface area contributed by atoms with Crippen molar-refractivity contribution >= 4 is 35.7 Å². The van der Waals surface area contributed by atoms with Gasteiger partial charge in [-0.3, -0.25) is 23.7 Å². The second kappa shape index (κ2) is 11.7. The average molecular weight is 620 g/mol. The highest BCUT2D eigenvalue weighted by Gasteiger charge is 2.58. The van der Waals surface area contributed by atoms with E-state index in [-0.39, 0.29) is 5.75 Å². The molecule has 13 nitrogen and oxygen atoms in total. The van der Waals surface area contributed by atoms with Crippen molar-refractivity contribution in [1.82, 2.24) is 14.6 Å². The van der Waals surface area contributed by atoms with Gasteiger partial charge in [-0.1, -0.05) is 18.2 Å². The number of carbonyl (C=O) groups is 1. The second-order valence-corrected chi connectivity index (χ2v) is 12.2. The van der Waals surface area contributed by atoms with Crippen molar-refractivity contribution in [1.29, 1.82) is 0 Å². The van der Waals surface area contributed by atoms with Crippen molar-refractivity contribution in [2.45, 2.75) is 63.9 Å². The largest absolute Gasteiger partial charge is 0.484 e. The van der Waals surface area contributed by atoms with Crippen molar-refractivity contribution in [2.75, 3.05) is 6.61 Å². The minimum Gasteiger partial charge on any atom is -0.484 e. The van der Waals surface area contributed by atoms with Crippen LogP contribution in [0.2, 0.25) is 0 Å². The molecule has 2 aromatic carbocycles. The third-order valence-electron chi connectivity index (χ3n) is 6.87. The van der Waals surface area contributed by atoms with Crippen LogP contribution in [0, 0.1) is 0 Å². The fourth-order valence-corrected chi connectivity index (χ4v) is 5.93. The van der Waals surface area contributed by atoms with Gasteiger partial charge in [0.1, 0.15) is 29.1 Å². The number of nitrogens with one attached hydrogen (secondary N) is 2. The number of para-hydroxylation sites is 1. The molecule has 3 heterocycles. The minimum atomic E-state index is -4.65. The van der Waals surface area contributed by atoms with Crippen LogP contribution >= 0.6 is 7.75 Å². The van der Waals surface area contributed by atoms with Gasteiger partial charge in [-0.25, -0.2) is 18.8 Å². The van der Waals surface area contributed by atoms with E-state index in [2.05, 4.69) is 5.09 Å². The Bertz CT molecular complexity index is 1820. The molecule has 0 spiro atoms. The molecule has 230 valence electrons. The van der Waals surface area contributed by atoms with Gasteiger partial charge in [0.15, 0.2) is 18.0 Å². The van der Waals surface area contributed by atoms with E-state index in [1.165, 1.54) is 6.92 Å². The maximum absolute atomic E-state index is 16.6. The number of aromatic amines is 1. The first-order valence-electron chi connectivity index (χ1n) is 13.4. The molecule has 0 bridgehead atoms. The Labute approximate surface area is 244 Å². The first kappa shape index (κ1) is 30.6. The normalized spacial score (nSPS) is 24.3. The number of ether oxygens (including phenoxy) is 3. The lowest BCUT2D eigenvalue weighted by atomic mass is 9.98. The van der Waals surface area contributed by atoms with Crippen molar-refractivity contribution in [3.05, 3.63) is 75.6 Å². The lowest BCUT2D eigenvalue weighted by Gasteiger charge is -2.28. The van der Waals surface area contributed by atoms with Gasteiger partial charge in [-0.15, -0.1) is 0 Å². The molecule has 43 heavy (non-hydrogen) atoms. The van der Waals surface area contributed by atoms with Crippen LogP contribution in [0.5, 0.6) is 5.75 Å². The van der Waals surface area contributed by atoms with E-state index < -0.39 is 67.8 Å². The number of alkyl halides is 1. The van der Waals surface area contributed by atoms with E-state index in [1.807, 2.05) is 29.2 Å². The molecule has 1 aliphatic rings. The van der Waals surface area contributed by atoms with Crippen LogP contribution in [0.15, 0.2) is 68.7 Å². The Morgan fingerprint density at radius 2 is 1.88 bits per heavy atom. The molecule has 0 radical (unpaired) electrons. The molecule has 1 aliphatic heterocycles. The van der Waals surface area contributed by atoms with Gasteiger partial charge in [0.25, 0.3) is 5.56 Å². The number of benzene rings is 2. The summed E-state index contributed by atoms with van der Waals surface area (Å²) in [5, 5.41) is 3.87. The molecule has 3 N–H and O–H groups in total. The predicted molar refractivity (Wildman–Crippen MR) is 152 cm³/mol. The molecule has 1 saturated heterocycles. The summed E-state index contributed by atoms with van der Waals surface area (Å²) in [7, 11) is -4.65. The van der Waals surface area contributed by atoms with E-state index in [4.69, 9.17) is 23.2 Å². The highest BCUT2D eigenvalue weighted by atomic mass is 31.2. The Morgan fingerprint density at radius 3 is 2.60 bits per heavy atom. The summed E-state index contributed by atoms with van der Waals surface area (Å²) in [6, 6.07) is 12.2. The minimum absolute atomic E-state index is 0.193. The molecule has 0 amide bonds. The number of furan rings is 1. The van der Waals surface area contributed by atoms with Gasteiger partial charge in [0, 0.05) is 29.1 Å². The number of nitrogens with zero attached hydrogens (tertiary/aromatic N) is 1. The SMILES string of the molecule is CC(C)OC(=O)[C@H](C)NP(=O)(O)OC[C@H]1O[C@@H](n2ccc(=O)[nH]c2=O)[C@](C)(F)[C@@H]1Oc1ccc2c(c1)oc1ccccc12. The number of rotatable bonds is 10. The number of halogens is 1. The number of fused-ring (bicyclic) bond motifs is 3. The third kappa shape index (κ3) is 6.43. The topological polar surface area (TPSA) is 171 Å². The van der Waals surface area contributed by atoms with Gasteiger partial charge < -0.3 is 23.5 Å². The number of hydrogen-bond acceptors (Lipinski definition) is 9. The van der Waals surface area contributed by atoms with Crippen LogP contribution in [-0.4, -0.2) is 57.0 Å². The highest BCUT2D eigenvalue weighted by Crippen LogP contribution is 2.45. The molecule has 4 aromatic rings. The lowest BCUT2D eigenvalue weighted by Crippen LogP contribution is -2.47. The Balaban J connectivity index is 1.42. The number of aromatic nitrogens is 2. The van der Waals surface area contributed by atoms with Crippen LogP contribution in [0.4, 0.5) is 4.39 Å². The fourth-order valence-electron chi connectivity index (χ4n) is 4.91. The summed E-state index contributed by atoms with van der Waals surface area (Å²) in [6.07, 6.45) is -3.82. The smallest absolute Gasteiger partial charge is 0.403 e. The molecule has 5 rings (SSSR count). The maximum atomic E-state index is 16.6. The number of H-pyrrole nitrogens is 1. The van der Waals surface area contributed by atoms with Crippen LogP contribution in [-0.2, 0) is 23.4 Å². The lowest BCUT2D eigenvalue weighted by molar-refractivity contribution is -0.149. The van der Waals surface area contributed by atoms with Crippen LogP contribution in [0.25, 0.3) is 21.9 Å². The van der Waals surface area contributed by atoms with Crippen molar-refractivity contribution < 1.29 is 41.8 Å². The zero-order chi connectivity index (χ0) is 31.1. The van der Waals surface area contributed by atoms with Crippen molar-refractivity contribution in [2.24, 2.45) is 0 Å². The Hall–Kier alpha value is -3.81. The van der Waals surface area contributed by atoms with Gasteiger partial charge in [0.05, 0.1) is 12.7 Å². The summed E-state index contributed by atoms with van der Waals surface area (Å²) in [5.41, 5.74) is -2.93.